The largest absolute Gasteiger partial charge is 0.493 e. The first kappa shape index (κ1) is 19.8. The van der Waals surface area contributed by atoms with Crippen LogP contribution in [0.2, 0.25) is 0 Å². The Kier molecular flexibility index (Phi) is 5.90. The Balaban J connectivity index is 1.48. The number of nitrogens with one attached hydrogen (secondary N) is 1. The van der Waals surface area contributed by atoms with Gasteiger partial charge >= 0.3 is 0 Å². The van der Waals surface area contributed by atoms with Crippen molar-refractivity contribution in [2.45, 2.75) is 6.61 Å². The summed E-state index contributed by atoms with van der Waals surface area (Å²) in [5, 5.41) is 2.88. The maximum absolute atomic E-state index is 12.7. The average Bonchev–Trinajstić information content (AvgIpc) is 2.78. The van der Waals surface area contributed by atoms with Gasteiger partial charge in [-0.15, -0.1) is 0 Å². The van der Waals surface area contributed by atoms with E-state index in [0.29, 0.717) is 34.9 Å². The third-order valence-corrected chi connectivity index (χ3v) is 4.99. The van der Waals surface area contributed by atoms with Crippen LogP contribution in [-0.2, 0) is 6.61 Å². The summed E-state index contributed by atoms with van der Waals surface area (Å²) in [6.45, 7) is 0.396. The second kappa shape index (κ2) is 8.92. The number of anilines is 1. The highest BCUT2D eigenvalue weighted by Gasteiger charge is 2.12. The standard InChI is InChI=1S/C23H18BrN3O3/c1-29-22-12-16(4-9-21(22)30-14-15-2-5-17(24)6-3-15)23(28)27-18-7-8-19-20(13-18)26-11-10-25-19/h2-13H,14H2,1H3,(H,27,28). The van der Waals surface area contributed by atoms with Crippen molar-refractivity contribution in [2.75, 3.05) is 12.4 Å². The molecule has 4 aromatic rings. The number of amides is 1. The van der Waals surface area contributed by atoms with Gasteiger partial charge in [0.1, 0.15) is 6.61 Å². The minimum absolute atomic E-state index is 0.254. The zero-order valence-electron chi connectivity index (χ0n) is 16.1. The molecule has 0 atom stereocenters. The SMILES string of the molecule is COc1cc(C(=O)Nc2ccc3nccnc3c2)ccc1OCc1ccc(Br)cc1. The Morgan fingerprint density at radius 1 is 0.933 bits per heavy atom. The molecule has 3 aromatic carbocycles. The number of aromatic nitrogens is 2. The molecule has 6 nitrogen and oxygen atoms in total. The van der Waals surface area contributed by atoms with E-state index in [0.717, 1.165) is 15.6 Å². The molecule has 0 saturated carbocycles. The molecule has 1 heterocycles. The maximum atomic E-state index is 12.7. The lowest BCUT2D eigenvalue weighted by Crippen LogP contribution is -2.12. The highest BCUT2D eigenvalue weighted by Crippen LogP contribution is 2.29. The molecule has 0 saturated heterocycles. The fourth-order valence-corrected chi connectivity index (χ4v) is 3.18. The zero-order valence-corrected chi connectivity index (χ0v) is 17.7. The molecule has 0 aliphatic rings. The fourth-order valence-electron chi connectivity index (χ4n) is 2.91. The molecule has 30 heavy (non-hydrogen) atoms. The van der Waals surface area contributed by atoms with Crippen LogP contribution in [0.1, 0.15) is 15.9 Å². The molecule has 0 bridgehead atoms. The molecule has 0 aliphatic carbocycles. The molecular formula is C23H18BrN3O3. The van der Waals surface area contributed by atoms with E-state index in [1.807, 2.05) is 30.3 Å². The number of nitrogens with zero attached hydrogens (tertiary/aromatic N) is 2. The third-order valence-electron chi connectivity index (χ3n) is 4.46. The van der Waals surface area contributed by atoms with Gasteiger partial charge in [0.15, 0.2) is 11.5 Å². The Bertz CT molecular complexity index is 1200. The van der Waals surface area contributed by atoms with Crippen LogP contribution < -0.4 is 14.8 Å². The Labute approximate surface area is 182 Å². The lowest BCUT2D eigenvalue weighted by molar-refractivity contribution is 0.102. The van der Waals surface area contributed by atoms with Crippen LogP contribution in [0.15, 0.2) is 77.5 Å². The summed E-state index contributed by atoms with van der Waals surface area (Å²) in [7, 11) is 1.55. The molecule has 1 aromatic heterocycles. The van der Waals surface area contributed by atoms with Crippen molar-refractivity contribution in [1.29, 1.82) is 0 Å². The summed E-state index contributed by atoms with van der Waals surface area (Å²) in [5.74, 6) is 0.804. The van der Waals surface area contributed by atoms with Crippen molar-refractivity contribution >= 4 is 38.6 Å². The lowest BCUT2D eigenvalue weighted by Gasteiger charge is -2.13. The first-order valence-electron chi connectivity index (χ1n) is 9.20. The van der Waals surface area contributed by atoms with E-state index in [4.69, 9.17) is 9.47 Å². The van der Waals surface area contributed by atoms with Crippen LogP contribution >= 0.6 is 15.9 Å². The molecule has 1 N–H and O–H groups in total. The quantitative estimate of drug-likeness (QED) is 0.423. The van der Waals surface area contributed by atoms with Gasteiger partial charge in [-0.1, -0.05) is 28.1 Å². The summed E-state index contributed by atoms with van der Waals surface area (Å²) >= 11 is 3.42. The van der Waals surface area contributed by atoms with Crippen LogP contribution in [-0.4, -0.2) is 23.0 Å². The Morgan fingerprint density at radius 3 is 2.47 bits per heavy atom. The van der Waals surface area contributed by atoms with Gasteiger partial charge in [0.2, 0.25) is 0 Å². The predicted molar refractivity (Wildman–Crippen MR) is 119 cm³/mol. The number of halogens is 1. The molecule has 7 heteroatoms. The van der Waals surface area contributed by atoms with E-state index >= 15 is 0 Å². The van der Waals surface area contributed by atoms with Gasteiger partial charge in [0, 0.05) is 28.1 Å². The summed E-state index contributed by atoms with van der Waals surface area (Å²) in [6.07, 6.45) is 3.25. The van der Waals surface area contributed by atoms with Crippen molar-refractivity contribution in [3.05, 3.63) is 88.7 Å². The zero-order chi connectivity index (χ0) is 20.9. The summed E-state index contributed by atoms with van der Waals surface area (Å²) in [4.78, 5) is 21.2. The van der Waals surface area contributed by atoms with Crippen molar-refractivity contribution in [1.82, 2.24) is 9.97 Å². The number of ether oxygens (including phenoxy) is 2. The van der Waals surface area contributed by atoms with E-state index < -0.39 is 0 Å². The summed E-state index contributed by atoms with van der Waals surface area (Å²) in [6, 6.07) is 18.4. The van der Waals surface area contributed by atoms with E-state index in [-0.39, 0.29) is 5.91 Å². The summed E-state index contributed by atoms with van der Waals surface area (Å²) < 4.78 is 12.3. The van der Waals surface area contributed by atoms with Crippen LogP contribution in [0.4, 0.5) is 5.69 Å². The number of methoxy groups -OCH3 is 1. The smallest absolute Gasteiger partial charge is 0.255 e. The topological polar surface area (TPSA) is 73.3 Å². The molecule has 0 spiro atoms. The molecule has 1 amide bonds. The van der Waals surface area contributed by atoms with Crippen LogP contribution in [0.5, 0.6) is 11.5 Å². The van der Waals surface area contributed by atoms with Gasteiger partial charge in [-0.2, -0.15) is 0 Å². The van der Waals surface area contributed by atoms with E-state index in [2.05, 4.69) is 31.2 Å². The maximum Gasteiger partial charge on any atom is 0.255 e. The number of carbonyl (C=O) groups is 1. The normalized spacial score (nSPS) is 10.6. The van der Waals surface area contributed by atoms with Gasteiger partial charge in [0.25, 0.3) is 5.91 Å². The van der Waals surface area contributed by atoms with E-state index in [9.17, 15) is 4.79 Å². The van der Waals surface area contributed by atoms with Gasteiger partial charge in [-0.3, -0.25) is 14.8 Å². The van der Waals surface area contributed by atoms with Crippen LogP contribution in [0.3, 0.4) is 0 Å². The number of rotatable bonds is 6. The number of hydrogen-bond donors (Lipinski definition) is 1. The van der Waals surface area contributed by atoms with Gasteiger partial charge in [-0.25, -0.2) is 0 Å². The lowest BCUT2D eigenvalue weighted by atomic mass is 10.1. The van der Waals surface area contributed by atoms with Crippen molar-refractivity contribution in [3.63, 3.8) is 0 Å². The second-order valence-corrected chi connectivity index (χ2v) is 7.41. The molecule has 0 fully saturated rings. The molecule has 0 radical (unpaired) electrons. The molecule has 0 unspecified atom stereocenters. The Hall–Kier alpha value is -3.45. The highest BCUT2D eigenvalue weighted by atomic mass is 79.9. The van der Waals surface area contributed by atoms with Crippen LogP contribution in [0.25, 0.3) is 11.0 Å². The van der Waals surface area contributed by atoms with Gasteiger partial charge < -0.3 is 14.8 Å². The van der Waals surface area contributed by atoms with E-state index in [1.165, 1.54) is 0 Å². The van der Waals surface area contributed by atoms with E-state index in [1.54, 1.807) is 49.8 Å². The molecule has 4 rings (SSSR count). The minimum atomic E-state index is -0.254. The van der Waals surface area contributed by atoms with Crippen molar-refractivity contribution in [2.24, 2.45) is 0 Å². The average molecular weight is 464 g/mol. The first-order valence-corrected chi connectivity index (χ1v) is 9.99. The van der Waals surface area contributed by atoms with Crippen molar-refractivity contribution in [3.8, 4) is 11.5 Å². The van der Waals surface area contributed by atoms with Crippen LogP contribution in [0, 0.1) is 0 Å². The number of benzene rings is 3. The molecular weight excluding hydrogens is 446 g/mol. The highest BCUT2D eigenvalue weighted by molar-refractivity contribution is 9.10. The monoisotopic (exact) mass is 463 g/mol. The summed E-state index contributed by atoms with van der Waals surface area (Å²) in [5.41, 5.74) is 3.61. The first-order chi connectivity index (χ1) is 14.6. The Morgan fingerprint density at radius 2 is 1.70 bits per heavy atom. The van der Waals surface area contributed by atoms with Gasteiger partial charge in [-0.05, 0) is 54.1 Å². The molecule has 150 valence electrons. The van der Waals surface area contributed by atoms with Crippen molar-refractivity contribution < 1.29 is 14.3 Å². The third kappa shape index (κ3) is 4.58. The molecule has 0 aliphatic heterocycles. The minimum Gasteiger partial charge on any atom is -0.493 e. The number of fused-ring (bicyclic) bond motifs is 1. The van der Waals surface area contributed by atoms with Gasteiger partial charge in [0.05, 0.1) is 18.1 Å². The number of carbonyl (C=O) groups excluding carboxylic acids is 1. The predicted octanol–water partition coefficient (Wildman–Crippen LogP) is 5.23. The second-order valence-electron chi connectivity index (χ2n) is 6.49. The number of hydrogen-bond acceptors (Lipinski definition) is 5. The fraction of sp³-hybridized carbons (Fsp3) is 0.0870.